The molecule has 1 N–H and O–H groups in total. The zero-order valence-electron chi connectivity index (χ0n) is 10.2. The zero-order chi connectivity index (χ0) is 13.8. The Balaban J connectivity index is 2.20. The molecule has 0 spiro atoms. The Morgan fingerprint density at radius 2 is 1.68 bits per heavy atom. The molecule has 1 aromatic rings. The van der Waals surface area contributed by atoms with Gasteiger partial charge in [-0.1, -0.05) is 12.1 Å². The summed E-state index contributed by atoms with van der Waals surface area (Å²) in [5.41, 5.74) is 1.23. The summed E-state index contributed by atoms with van der Waals surface area (Å²) in [6.45, 7) is 0. The summed E-state index contributed by atoms with van der Waals surface area (Å²) in [5.74, 6) is -1.40. The standard InChI is InChI=1S/C14H13NO4/c16-12-2-1-3-13(17)15(12)11-7-4-10(5-8-11)6-9-14(18)19/h4-9H,1-3H2,(H,18,19)/b9-6+. The number of imide groups is 1. The lowest BCUT2D eigenvalue weighted by molar-refractivity contribution is -0.131. The van der Waals surface area contributed by atoms with Crippen LogP contribution in [-0.2, 0) is 14.4 Å². The number of aliphatic carboxylic acids is 1. The van der Waals surface area contributed by atoms with Gasteiger partial charge in [0.1, 0.15) is 0 Å². The number of amides is 2. The number of piperidine rings is 1. The van der Waals surface area contributed by atoms with Gasteiger partial charge in [0.15, 0.2) is 0 Å². The van der Waals surface area contributed by atoms with Crippen molar-refractivity contribution in [2.24, 2.45) is 0 Å². The molecule has 5 nitrogen and oxygen atoms in total. The molecule has 0 aromatic heterocycles. The number of benzene rings is 1. The maximum atomic E-state index is 11.7. The molecule has 1 heterocycles. The molecule has 1 aromatic carbocycles. The van der Waals surface area contributed by atoms with E-state index in [1.165, 1.54) is 11.0 Å². The number of hydrogen-bond donors (Lipinski definition) is 1. The summed E-state index contributed by atoms with van der Waals surface area (Å²) in [6, 6.07) is 6.62. The lowest BCUT2D eigenvalue weighted by atomic mass is 10.1. The van der Waals surface area contributed by atoms with Gasteiger partial charge >= 0.3 is 5.97 Å². The lowest BCUT2D eigenvalue weighted by Gasteiger charge is -2.24. The first-order valence-corrected chi connectivity index (χ1v) is 5.95. The monoisotopic (exact) mass is 259 g/mol. The minimum atomic E-state index is -1.02. The van der Waals surface area contributed by atoms with Crippen LogP contribution < -0.4 is 4.90 Å². The summed E-state index contributed by atoms with van der Waals surface area (Å²) >= 11 is 0. The zero-order valence-corrected chi connectivity index (χ0v) is 10.2. The third-order valence-electron chi connectivity index (χ3n) is 2.85. The second-order valence-corrected chi connectivity index (χ2v) is 4.24. The average molecular weight is 259 g/mol. The fourth-order valence-electron chi connectivity index (χ4n) is 1.94. The van der Waals surface area contributed by atoms with Gasteiger partial charge in [-0.15, -0.1) is 0 Å². The molecule has 0 radical (unpaired) electrons. The highest BCUT2D eigenvalue weighted by Crippen LogP contribution is 2.22. The van der Waals surface area contributed by atoms with Gasteiger partial charge in [0.2, 0.25) is 11.8 Å². The van der Waals surface area contributed by atoms with Crippen LogP contribution in [0.2, 0.25) is 0 Å². The van der Waals surface area contributed by atoms with Crippen LogP contribution in [0.5, 0.6) is 0 Å². The molecule has 0 aliphatic carbocycles. The van der Waals surface area contributed by atoms with Gasteiger partial charge < -0.3 is 5.11 Å². The van der Waals surface area contributed by atoms with Crippen molar-refractivity contribution < 1.29 is 19.5 Å². The molecule has 19 heavy (non-hydrogen) atoms. The Morgan fingerprint density at radius 1 is 1.11 bits per heavy atom. The number of carbonyl (C=O) groups excluding carboxylic acids is 2. The summed E-state index contributed by atoms with van der Waals surface area (Å²) in [6.07, 6.45) is 3.85. The molecule has 1 aliphatic rings. The Morgan fingerprint density at radius 3 is 2.21 bits per heavy atom. The fourth-order valence-corrected chi connectivity index (χ4v) is 1.94. The minimum Gasteiger partial charge on any atom is -0.478 e. The van der Waals surface area contributed by atoms with Crippen LogP contribution in [0, 0.1) is 0 Å². The van der Waals surface area contributed by atoms with E-state index >= 15 is 0 Å². The van der Waals surface area contributed by atoms with Gasteiger partial charge in [0.25, 0.3) is 0 Å². The van der Waals surface area contributed by atoms with E-state index < -0.39 is 5.97 Å². The van der Waals surface area contributed by atoms with Crippen LogP contribution in [0.15, 0.2) is 30.3 Å². The van der Waals surface area contributed by atoms with Gasteiger partial charge in [-0.05, 0) is 30.2 Å². The van der Waals surface area contributed by atoms with Gasteiger partial charge in [-0.3, -0.25) is 14.5 Å². The summed E-state index contributed by atoms with van der Waals surface area (Å²) < 4.78 is 0. The van der Waals surface area contributed by atoms with E-state index in [1.807, 2.05) is 0 Å². The third-order valence-corrected chi connectivity index (χ3v) is 2.85. The number of nitrogens with zero attached hydrogens (tertiary/aromatic N) is 1. The maximum Gasteiger partial charge on any atom is 0.328 e. The molecule has 98 valence electrons. The van der Waals surface area contributed by atoms with E-state index in [0.29, 0.717) is 30.5 Å². The normalized spacial score (nSPS) is 16.1. The molecule has 1 aliphatic heterocycles. The summed E-state index contributed by atoms with van der Waals surface area (Å²) in [4.78, 5) is 35.0. The van der Waals surface area contributed by atoms with Crippen molar-refractivity contribution in [1.82, 2.24) is 0 Å². The van der Waals surface area contributed by atoms with E-state index in [4.69, 9.17) is 5.11 Å². The highest BCUT2D eigenvalue weighted by atomic mass is 16.4. The van der Waals surface area contributed by atoms with Gasteiger partial charge in [-0.2, -0.15) is 0 Å². The van der Waals surface area contributed by atoms with Crippen molar-refractivity contribution in [2.45, 2.75) is 19.3 Å². The van der Waals surface area contributed by atoms with E-state index in [9.17, 15) is 14.4 Å². The molecule has 0 unspecified atom stereocenters. The number of anilines is 1. The summed E-state index contributed by atoms with van der Waals surface area (Å²) in [7, 11) is 0. The van der Waals surface area contributed by atoms with Crippen LogP contribution in [0.25, 0.3) is 6.08 Å². The van der Waals surface area contributed by atoms with Gasteiger partial charge in [-0.25, -0.2) is 4.79 Å². The molecule has 0 bridgehead atoms. The lowest BCUT2D eigenvalue weighted by Crippen LogP contribution is -2.40. The number of hydrogen-bond acceptors (Lipinski definition) is 3. The van der Waals surface area contributed by atoms with Crippen molar-refractivity contribution in [3.8, 4) is 0 Å². The third kappa shape index (κ3) is 3.07. The highest BCUT2D eigenvalue weighted by Gasteiger charge is 2.26. The molecular formula is C14H13NO4. The number of carboxylic acid groups (broad SMARTS) is 1. The molecule has 1 fully saturated rings. The quantitative estimate of drug-likeness (QED) is 0.663. The number of carboxylic acids is 1. The molecule has 0 atom stereocenters. The molecule has 2 amide bonds. The van der Waals surface area contributed by atoms with Crippen molar-refractivity contribution in [3.63, 3.8) is 0 Å². The molecule has 0 saturated carbocycles. The smallest absolute Gasteiger partial charge is 0.328 e. The van der Waals surface area contributed by atoms with Crippen molar-refractivity contribution in [1.29, 1.82) is 0 Å². The second kappa shape index (κ2) is 5.48. The Labute approximate surface area is 110 Å². The van der Waals surface area contributed by atoms with E-state index in [1.54, 1.807) is 24.3 Å². The first-order valence-electron chi connectivity index (χ1n) is 5.95. The second-order valence-electron chi connectivity index (χ2n) is 4.24. The first-order chi connectivity index (χ1) is 9.08. The van der Waals surface area contributed by atoms with Crippen LogP contribution in [-0.4, -0.2) is 22.9 Å². The SMILES string of the molecule is O=C(O)/C=C/c1ccc(N2C(=O)CCCC2=O)cc1. The van der Waals surface area contributed by atoms with Gasteiger partial charge in [0, 0.05) is 18.9 Å². The fraction of sp³-hybridized carbons (Fsp3) is 0.214. The van der Waals surface area contributed by atoms with Crippen LogP contribution in [0.3, 0.4) is 0 Å². The maximum absolute atomic E-state index is 11.7. The van der Waals surface area contributed by atoms with Crippen molar-refractivity contribution in [2.75, 3.05) is 4.90 Å². The Bertz CT molecular complexity index is 529. The van der Waals surface area contributed by atoms with E-state index in [2.05, 4.69) is 0 Å². The average Bonchev–Trinajstić information content (AvgIpc) is 2.37. The topological polar surface area (TPSA) is 74.7 Å². The Kier molecular flexibility index (Phi) is 3.75. The molecular weight excluding hydrogens is 246 g/mol. The van der Waals surface area contributed by atoms with Crippen molar-refractivity contribution >= 4 is 29.5 Å². The molecule has 2 rings (SSSR count). The summed E-state index contributed by atoms with van der Waals surface area (Å²) in [5, 5.41) is 8.52. The van der Waals surface area contributed by atoms with Crippen LogP contribution >= 0.6 is 0 Å². The molecule has 5 heteroatoms. The predicted molar refractivity (Wildman–Crippen MR) is 69.5 cm³/mol. The largest absolute Gasteiger partial charge is 0.478 e. The van der Waals surface area contributed by atoms with Crippen LogP contribution in [0.1, 0.15) is 24.8 Å². The Hall–Kier alpha value is -2.43. The van der Waals surface area contributed by atoms with E-state index in [0.717, 1.165) is 6.08 Å². The van der Waals surface area contributed by atoms with Gasteiger partial charge in [0.05, 0.1) is 5.69 Å². The first kappa shape index (κ1) is 13.0. The van der Waals surface area contributed by atoms with Crippen LogP contribution in [0.4, 0.5) is 5.69 Å². The molecule has 1 saturated heterocycles. The number of carbonyl (C=O) groups is 3. The highest BCUT2D eigenvalue weighted by molar-refractivity contribution is 6.16. The predicted octanol–water partition coefficient (Wildman–Crippen LogP) is 1.83. The van der Waals surface area contributed by atoms with E-state index in [-0.39, 0.29) is 11.8 Å². The minimum absolute atomic E-state index is 0.190. The van der Waals surface area contributed by atoms with Crippen molar-refractivity contribution in [3.05, 3.63) is 35.9 Å². The number of rotatable bonds is 3.